The zero-order valence-corrected chi connectivity index (χ0v) is 17.4. The maximum Gasteiger partial charge on any atom is 0.302 e. The van der Waals surface area contributed by atoms with Crippen LogP contribution in [0.15, 0.2) is 0 Å². The van der Waals surface area contributed by atoms with Gasteiger partial charge < -0.3 is 14.2 Å². The van der Waals surface area contributed by atoms with Gasteiger partial charge in [0.2, 0.25) is 0 Å². The summed E-state index contributed by atoms with van der Waals surface area (Å²) < 4.78 is 17.3. The van der Waals surface area contributed by atoms with E-state index in [1.54, 1.807) is 0 Å². The predicted octanol–water partition coefficient (Wildman–Crippen LogP) is 3.12. The molecule has 0 aromatic carbocycles. The van der Waals surface area contributed by atoms with Crippen LogP contribution in [-0.4, -0.2) is 36.2 Å². The van der Waals surface area contributed by atoms with Gasteiger partial charge in [-0.1, -0.05) is 27.7 Å². The molecular weight excluding hydrogens is 348 g/mol. The molecule has 0 unspecified atom stereocenters. The average Bonchev–Trinajstić information content (AvgIpc) is 2.58. The van der Waals surface area contributed by atoms with Crippen molar-refractivity contribution >= 4 is 17.9 Å². The number of fused-ring (bicyclic) bond motifs is 2. The first kappa shape index (κ1) is 20.2. The second kappa shape index (κ2) is 6.49. The largest absolute Gasteiger partial charge is 0.462 e. The molecule has 0 aromatic heterocycles. The maximum absolute atomic E-state index is 11.9. The Balaban J connectivity index is 2.08. The van der Waals surface area contributed by atoms with Crippen molar-refractivity contribution in [1.29, 1.82) is 0 Å². The van der Waals surface area contributed by atoms with Gasteiger partial charge in [0.25, 0.3) is 0 Å². The summed E-state index contributed by atoms with van der Waals surface area (Å²) in [5.74, 6) is 0.0330. The fourth-order valence-corrected chi connectivity index (χ4v) is 6.79. The highest BCUT2D eigenvalue weighted by Gasteiger charge is 2.76. The van der Waals surface area contributed by atoms with Crippen molar-refractivity contribution in [2.75, 3.05) is 0 Å². The van der Waals surface area contributed by atoms with Gasteiger partial charge in [0.1, 0.15) is 18.3 Å². The summed E-state index contributed by atoms with van der Waals surface area (Å²) in [7, 11) is 0. The second-order valence-electron chi connectivity index (χ2n) is 9.56. The first-order valence-corrected chi connectivity index (χ1v) is 9.92. The van der Waals surface area contributed by atoms with Crippen LogP contribution in [0.1, 0.15) is 61.3 Å². The van der Waals surface area contributed by atoms with Crippen LogP contribution in [0, 0.1) is 34.5 Å². The third-order valence-electron chi connectivity index (χ3n) is 7.57. The molecule has 27 heavy (non-hydrogen) atoms. The Morgan fingerprint density at radius 3 is 1.78 bits per heavy atom. The lowest BCUT2D eigenvalue weighted by Gasteiger charge is -2.70. The highest BCUT2D eigenvalue weighted by molar-refractivity contribution is 5.67. The molecule has 4 saturated carbocycles. The molecule has 6 heteroatoms. The monoisotopic (exact) mass is 380 g/mol. The quantitative estimate of drug-likeness (QED) is 0.553. The zero-order chi connectivity index (χ0) is 20.3. The Kier molecular flexibility index (Phi) is 4.84. The van der Waals surface area contributed by atoms with Crippen molar-refractivity contribution in [2.45, 2.75) is 79.6 Å². The van der Waals surface area contributed by atoms with Crippen LogP contribution in [0.4, 0.5) is 0 Å². The number of hydrogen-bond acceptors (Lipinski definition) is 6. The summed E-state index contributed by atoms with van der Waals surface area (Å²) in [6.07, 6.45) is 0.384. The molecule has 4 aliphatic carbocycles. The van der Waals surface area contributed by atoms with E-state index in [1.165, 1.54) is 20.8 Å². The van der Waals surface area contributed by atoms with Gasteiger partial charge in [0.05, 0.1) is 0 Å². The molecule has 8 atom stereocenters. The summed E-state index contributed by atoms with van der Waals surface area (Å²) in [5, 5.41) is 0. The number of esters is 3. The maximum atomic E-state index is 11.9. The Bertz CT molecular complexity index is 655. The van der Waals surface area contributed by atoms with Gasteiger partial charge >= 0.3 is 17.9 Å². The number of carbonyl (C=O) groups is 3. The van der Waals surface area contributed by atoms with Crippen LogP contribution in [-0.2, 0) is 28.6 Å². The standard InChI is InChI=1S/C21H32O6/c1-10-8-14(25-11(2)22)18-19-17(10)21(18,7)16(27-13(4)24)9-15(20(19,5)6)26-12(3)23/h10,14-19H,8-9H2,1-7H3/t10-,14+,15+,16+,17-,18+,19-,21+/m0/s1. The molecule has 6 nitrogen and oxygen atoms in total. The highest BCUT2D eigenvalue weighted by Crippen LogP contribution is 2.74. The molecule has 0 spiro atoms. The van der Waals surface area contributed by atoms with E-state index in [0.717, 1.165) is 6.42 Å². The molecule has 0 N–H and O–H groups in total. The number of hydrogen-bond donors (Lipinski definition) is 0. The molecule has 0 saturated heterocycles. The van der Waals surface area contributed by atoms with E-state index in [9.17, 15) is 14.4 Å². The summed E-state index contributed by atoms with van der Waals surface area (Å²) in [6.45, 7) is 12.9. The molecule has 4 bridgehead atoms. The molecule has 0 aromatic rings. The molecule has 152 valence electrons. The van der Waals surface area contributed by atoms with Gasteiger partial charge in [-0.3, -0.25) is 14.4 Å². The van der Waals surface area contributed by atoms with E-state index in [2.05, 4.69) is 27.7 Å². The van der Waals surface area contributed by atoms with Gasteiger partial charge in [-0.05, 0) is 24.2 Å². The van der Waals surface area contributed by atoms with Gasteiger partial charge in [-0.25, -0.2) is 0 Å². The summed E-state index contributed by atoms with van der Waals surface area (Å²) in [5.41, 5.74) is -0.594. The molecule has 4 fully saturated rings. The van der Waals surface area contributed by atoms with Crippen LogP contribution in [0.5, 0.6) is 0 Å². The lowest BCUT2D eigenvalue weighted by atomic mass is 9.35. The van der Waals surface area contributed by atoms with Crippen LogP contribution in [0.3, 0.4) is 0 Å². The van der Waals surface area contributed by atoms with Crippen LogP contribution in [0.25, 0.3) is 0 Å². The van der Waals surface area contributed by atoms with E-state index in [1.807, 2.05) is 0 Å². The van der Waals surface area contributed by atoms with Crippen molar-refractivity contribution in [3.8, 4) is 0 Å². The minimum absolute atomic E-state index is 0.0857. The van der Waals surface area contributed by atoms with Gasteiger partial charge in [0, 0.05) is 43.9 Å². The predicted molar refractivity (Wildman–Crippen MR) is 97.4 cm³/mol. The fourth-order valence-electron chi connectivity index (χ4n) is 6.79. The summed E-state index contributed by atoms with van der Waals surface area (Å²) >= 11 is 0. The first-order valence-electron chi connectivity index (χ1n) is 9.92. The third kappa shape index (κ3) is 2.95. The van der Waals surface area contributed by atoms with Crippen molar-refractivity contribution in [2.24, 2.45) is 34.5 Å². The number of ether oxygens (including phenoxy) is 3. The van der Waals surface area contributed by atoms with Gasteiger partial charge in [-0.2, -0.15) is 0 Å². The SMILES string of the molecule is CC(=O)O[C@@H]1C[C@H](C)[C@H]2[C@H]3[C@@H]1[C@]2(C)[C@H](OC(C)=O)C[C@@H](OC(C)=O)C3(C)C. The third-order valence-corrected chi connectivity index (χ3v) is 7.57. The van der Waals surface area contributed by atoms with Crippen LogP contribution in [0.2, 0.25) is 0 Å². The fraction of sp³-hybridized carbons (Fsp3) is 0.857. The van der Waals surface area contributed by atoms with Gasteiger partial charge in [0.15, 0.2) is 0 Å². The molecule has 0 aliphatic heterocycles. The van der Waals surface area contributed by atoms with Crippen molar-refractivity contribution in [3.05, 3.63) is 0 Å². The first-order chi connectivity index (χ1) is 12.4. The van der Waals surface area contributed by atoms with Crippen molar-refractivity contribution < 1.29 is 28.6 Å². The Labute approximate surface area is 161 Å². The molecular formula is C21H32O6. The highest BCUT2D eigenvalue weighted by atomic mass is 16.6. The van der Waals surface area contributed by atoms with E-state index in [-0.39, 0.29) is 58.9 Å². The smallest absolute Gasteiger partial charge is 0.302 e. The van der Waals surface area contributed by atoms with E-state index in [4.69, 9.17) is 14.2 Å². The molecule has 4 rings (SSSR count). The number of carbonyl (C=O) groups excluding carboxylic acids is 3. The topological polar surface area (TPSA) is 78.9 Å². The molecule has 4 aliphatic rings. The number of rotatable bonds is 3. The second-order valence-corrected chi connectivity index (χ2v) is 9.56. The van der Waals surface area contributed by atoms with Gasteiger partial charge in [-0.15, -0.1) is 0 Å². The Morgan fingerprint density at radius 2 is 1.26 bits per heavy atom. The molecule has 0 radical (unpaired) electrons. The van der Waals surface area contributed by atoms with Crippen molar-refractivity contribution in [1.82, 2.24) is 0 Å². The minimum Gasteiger partial charge on any atom is -0.462 e. The zero-order valence-electron chi connectivity index (χ0n) is 17.4. The average molecular weight is 380 g/mol. The normalized spacial score (nSPS) is 44.3. The summed E-state index contributed by atoms with van der Waals surface area (Å²) in [4.78, 5) is 35.4. The lowest BCUT2D eigenvalue weighted by Crippen LogP contribution is -2.72. The Morgan fingerprint density at radius 1 is 0.741 bits per heavy atom. The lowest BCUT2D eigenvalue weighted by molar-refractivity contribution is -0.285. The van der Waals surface area contributed by atoms with E-state index < -0.39 is 0 Å². The summed E-state index contributed by atoms with van der Waals surface area (Å²) in [6, 6.07) is 0. The van der Waals surface area contributed by atoms with E-state index >= 15 is 0 Å². The van der Waals surface area contributed by atoms with E-state index in [0.29, 0.717) is 18.3 Å². The molecule has 0 amide bonds. The van der Waals surface area contributed by atoms with Crippen LogP contribution < -0.4 is 0 Å². The van der Waals surface area contributed by atoms with Crippen molar-refractivity contribution in [3.63, 3.8) is 0 Å². The van der Waals surface area contributed by atoms with Crippen LogP contribution >= 0.6 is 0 Å². The Hall–Kier alpha value is -1.59. The molecule has 0 heterocycles. The minimum atomic E-state index is -0.367.